The summed E-state index contributed by atoms with van der Waals surface area (Å²) in [4.78, 5) is 16.0. The van der Waals surface area contributed by atoms with E-state index in [4.69, 9.17) is 9.97 Å². The first kappa shape index (κ1) is 18.1. The average Bonchev–Trinajstić information content (AvgIpc) is 3.25. The van der Waals surface area contributed by atoms with E-state index in [1.807, 2.05) is 42.5 Å². The van der Waals surface area contributed by atoms with E-state index in [9.17, 15) is 5.26 Å². The van der Waals surface area contributed by atoms with Gasteiger partial charge in [0.15, 0.2) is 5.82 Å². The van der Waals surface area contributed by atoms with Gasteiger partial charge in [-0.25, -0.2) is 9.97 Å². The molecular weight excluding hydrogens is 346 g/mol. The lowest BCUT2D eigenvalue weighted by molar-refractivity contribution is 0.607. The molecule has 0 radical (unpaired) electrons. The first-order chi connectivity index (χ1) is 13.8. The van der Waals surface area contributed by atoms with Crippen molar-refractivity contribution in [1.29, 1.82) is 5.26 Å². The molecule has 5 nitrogen and oxygen atoms in total. The van der Waals surface area contributed by atoms with Crippen LogP contribution in [-0.4, -0.2) is 27.5 Å². The van der Waals surface area contributed by atoms with Gasteiger partial charge in [-0.2, -0.15) is 5.26 Å². The predicted octanol–water partition coefficient (Wildman–Crippen LogP) is 4.38. The molecule has 0 N–H and O–H groups in total. The van der Waals surface area contributed by atoms with E-state index in [0.29, 0.717) is 0 Å². The van der Waals surface area contributed by atoms with Crippen molar-refractivity contribution in [1.82, 2.24) is 15.0 Å². The summed E-state index contributed by atoms with van der Waals surface area (Å²) in [5.41, 5.74) is 3.04. The van der Waals surface area contributed by atoms with Crippen molar-refractivity contribution in [3.05, 3.63) is 72.2 Å². The highest BCUT2D eigenvalue weighted by Gasteiger charge is 2.34. The van der Waals surface area contributed by atoms with Gasteiger partial charge in [-0.1, -0.05) is 37.3 Å². The van der Waals surface area contributed by atoms with Gasteiger partial charge in [0, 0.05) is 36.3 Å². The van der Waals surface area contributed by atoms with E-state index in [1.165, 1.54) is 0 Å². The molecule has 0 aliphatic carbocycles. The number of aryl methyl sites for hydroxylation is 1. The van der Waals surface area contributed by atoms with Gasteiger partial charge in [0.1, 0.15) is 5.82 Å². The average molecular weight is 369 g/mol. The lowest BCUT2D eigenvalue weighted by Gasteiger charge is -2.29. The van der Waals surface area contributed by atoms with Crippen LogP contribution in [0, 0.1) is 11.3 Å². The Morgan fingerprint density at radius 1 is 1.14 bits per heavy atom. The maximum Gasteiger partial charge on any atom is 0.161 e. The Hall–Kier alpha value is -3.26. The summed E-state index contributed by atoms with van der Waals surface area (Å²) in [6.45, 7) is 3.01. The van der Waals surface area contributed by atoms with Crippen LogP contribution in [0.15, 0.2) is 60.9 Å². The fraction of sp³-hybridized carbons (Fsp3) is 0.304. The molecule has 1 saturated heterocycles. The maximum absolute atomic E-state index is 9.92. The lowest BCUT2D eigenvalue weighted by atomic mass is 9.91. The Morgan fingerprint density at radius 2 is 1.93 bits per heavy atom. The zero-order valence-corrected chi connectivity index (χ0v) is 16.0. The molecule has 3 heterocycles. The third-order valence-corrected chi connectivity index (χ3v) is 5.34. The summed E-state index contributed by atoms with van der Waals surface area (Å²) in [7, 11) is 0. The Kier molecular flexibility index (Phi) is 5.29. The Balaban J connectivity index is 1.72. The van der Waals surface area contributed by atoms with Crippen molar-refractivity contribution < 1.29 is 0 Å². The number of pyridine rings is 1. The van der Waals surface area contributed by atoms with Crippen LogP contribution in [-0.2, 0) is 6.42 Å². The number of nitriles is 1. The van der Waals surface area contributed by atoms with Crippen molar-refractivity contribution in [3.63, 3.8) is 0 Å². The van der Waals surface area contributed by atoms with E-state index in [-0.39, 0.29) is 12.0 Å². The molecule has 3 aromatic rings. The summed E-state index contributed by atoms with van der Waals surface area (Å²) in [5.74, 6) is 1.46. The van der Waals surface area contributed by atoms with Crippen molar-refractivity contribution in [3.8, 4) is 17.5 Å². The molecule has 0 bridgehead atoms. The van der Waals surface area contributed by atoms with Crippen LogP contribution in [0.4, 0.5) is 5.82 Å². The molecule has 0 saturated carbocycles. The van der Waals surface area contributed by atoms with Gasteiger partial charge >= 0.3 is 0 Å². The van der Waals surface area contributed by atoms with Crippen LogP contribution in [0.2, 0.25) is 0 Å². The second kappa shape index (κ2) is 8.18. The zero-order chi connectivity index (χ0) is 19.3. The van der Waals surface area contributed by atoms with Crippen molar-refractivity contribution in [2.45, 2.75) is 38.1 Å². The molecule has 28 heavy (non-hydrogen) atoms. The molecule has 1 aromatic carbocycles. The first-order valence-corrected chi connectivity index (χ1v) is 9.79. The van der Waals surface area contributed by atoms with E-state index in [1.54, 1.807) is 12.4 Å². The summed E-state index contributed by atoms with van der Waals surface area (Å²) >= 11 is 0. The highest BCUT2D eigenvalue weighted by Crippen LogP contribution is 2.34. The summed E-state index contributed by atoms with van der Waals surface area (Å²) < 4.78 is 0. The topological polar surface area (TPSA) is 65.7 Å². The van der Waals surface area contributed by atoms with Gasteiger partial charge in [-0.15, -0.1) is 0 Å². The minimum absolute atomic E-state index is 0.122. The van der Waals surface area contributed by atoms with E-state index in [2.05, 4.69) is 28.9 Å². The van der Waals surface area contributed by atoms with E-state index in [0.717, 1.165) is 54.3 Å². The number of hydrogen-bond donors (Lipinski definition) is 0. The van der Waals surface area contributed by atoms with Crippen molar-refractivity contribution in [2.24, 2.45) is 0 Å². The zero-order valence-electron chi connectivity index (χ0n) is 16.0. The van der Waals surface area contributed by atoms with Crippen molar-refractivity contribution in [2.75, 3.05) is 11.4 Å². The standard InChI is InChI=1S/C23H23N5/c1-2-19-15-22(27-23(26-19)18-10-12-25-13-11-18)28-14-6-9-21(28)20(16-24)17-7-4-3-5-8-17/h3-5,7-8,10-13,15,20-21H,2,6,9,14H2,1H3. The summed E-state index contributed by atoms with van der Waals surface area (Å²) in [6, 6.07) is 18.7. The largest absolute Gasteiger partial charge is 0.352 e. The van der Waals surface area contributed by atoms with Gasteiger partial charge in [0.2, 0.25) is 0 Å². The van der Waals surface area contributed by atoms with Crippen LogP contribution in [0.1, 0.15) is 36.9 Å². The van der Waals surface area contributed by atoms with Crippen LogP contribution < -0.4 is 4.90 Å². The quantitative estimate of drug-likeness (QED) is 0.668. The van der Waals surface area contributed by atoms with Crippen LogP contribution in [0.3, 0.4) is 0 Å². The Bertz CT molecular complexity index is 965. The highest BCUT2D eigenvalue weighted by atomic mass is 15.2. The third-order valence-electron chi connectivity index (χ3n) is 5.34. The van der Waals surface area contributed by atoms with Crippen LogP contribution in [0.5, 0.6) is 0 Å². The fourth-order valence-corrected chi connectivity index (χ4v) is 3.91. The maximum atomic E-state index is 9.92. The Morgan fingerprint density at radius 3 is 2.64 bits per heavy atom. The number of hydrogen-bond acceptors (Lipinski definition) is 5. The molecule has 1 aliphatic rings. The Labute approximate surface area is 165 Å². The van der Waals surface area contributed by atoms with Gasteiger partial charge in [-0.3, -0.25) is 4.98 Å². The third kappa shape index (κ3) is 3.59. The molecule has 140 valence electrons. The second-order valence-corrected chi connectivity index (χ2v) is 7.05. The molecule has 0 spiro atoms. The molecule has 2 atom stereocenters. The smallest absolute Gasteiger partial charge is 0.161 e. The van der Waals surface area contributed by atoms with Gasteiger partial charge in [0.25, 0.3) is 0 Å². The van der Waals surface area contributed by atoms with Crippen LogP contribution >= 0.6 is 0 Å². The van der Waals surface area contributed by atoms with Gasteiger partial charge < -0.3 is 4.90 Å². The molecular formula is C23H23N5. The number of aromatic nitrogens is 3. The van der Waals surface area contributed by atoms with Gasteiger partial charge in [-0.05, 0) is 37.0 Å². The van der Waals surface area contributed by atoms with Gasteiger partial charge in [0.05, 0.1) is 18.0 Å². The molecule has 1 fully saturated rings. The number of anilines is 1. The second-order valence-electron chi connectivity index (χ2n) is 7.05. The van der Waals surface area contributed by atoms with Crippen LogP contribution in [0.25, 0.3) is 11.4 Å². The molecule has 0 amide bonds. The first-order valence-electron chi connectivity index (χ1n) is 9.79. The molecule has 5 heteroatoms. The lowest BCUT2D eigenvalue weighted by Crippen LogP contribution is -2.35. The molecule has 2 aromatic heterocycles. The molecule has 4 rings (SSSR count). The van der Waals surface area contributed by atoms with E-state index >= 15 is 0 Å². The summed E-state index contributed by atoms with van der Waals surface area (Å²) in [5, 5.41) is 9.92. The molecule has 1 aliphatic heterocycles. The summed E-state index contributed by atoms with van der Waals surface area (Å²) in [6.07, 6.45) is 6.41. The number of benzene rings is 1. The number of rotatable bonds is 5. The fourth-order valence-electron chi connectivity index (χ4n) is 3.91. The predicted molar refractivity (Wildman–Crippen MR) is 110 cm³/mol. The SMILES string of the molecule is CCc1cc(N2CCCC2C(C#N)c2ccccc2)nc(-c2ccncc2)n1. The molecule has 2 unspecified atom stereocenters. The number of nitrogens with zero attached hydrogens (tertiary/aromatic N) is 5. The van der Waals surface area contributed by atoms with E-state index < -0.39 is 0 Å². The normalized spacial score (nSPS) is 17.3. The minimum atomic E-state index is -0.173. The monoisotopic (exact) mass is 369 g/mol. The highest BCUT2D eigenvalue weighted by molar-refractivity contribution is 5.58. The minimum Gasteiger partial charge on any atom is -0.352 e. The van der Waals surface area contributed by atoms with Crippen molar-refractivity contribution >= 4 is 5.82 Å².